The molecule has 0 amide bonds. The van der Waals surface area contributed by atoms with Gasteiger partial charge in [-0.3, -0.25) is 0 Å². The van der Waals surface area contributed by atoms with Gasteiger partial charge < -0.3 is 5.11 Å². The van der Waals surface area contributed by atoms with E-state index >= 15 is 0 Å². The Balaban J connectivity index is 1.89. The Morgan fingerprint density at radius 3 is 2.43 bits per heavy atom. The Labute approximate surface area is 144 Å². The third-order valence-electron chi connectivity index (χ3n) is 4.86. The third kappa shape index (κ3) is 3.92. The molecule has 1 saturated carbocycles. The molecule has 23 heavy (non-hydrogen) atoms. The standard InChI is InChI=1S/C21H26OS/c1-15-13-19(16(2)17-9-5-3-6-10-17)21(22)20(14-15)23-18-11-7-4-8-12-18/h3,5-6,9-10,13-14,16,18,22H,4,7-8,11-12H2,1-2H3. The fraction of sp³-hybridized carbons (Fsp3) is 0.429. The summed E-state index contributed by atoms with van der Waals surface area (Å²) in [7, 11) is 0. The number of aryl methyl sites for hydroxylation is 1. The first kappa shape index (κ1) is 16.4. The zero-order valence-corrected chi connectivity index (χ0v) is 14.9. The predicted molar refractivity (Wildman–Crippen MR) is 99.5 cm³/mol. The van der Waals surface area contributed by atoms with Crippen LogP contribution in [-0.2, 0) is 0 Å². The quantitative estimate of drug-likeness (QED) is 0.713. The van der Waals surface area contributed by atoms with Gasteiger partial charge in [-0.25, -0.2) is 0 Å². The summed E-state index contributed by atoms with van der Waals surface area (Å²) in [6.45, 7) is 4.31. The molecular formula is C21H26OS. The maximum Gasteiger partial charge on any atom is 0.132 e. The summed E-state index contributed by atoms with van der Waals surface area (Å²) in [5.41, 5.74) is 3.54. The van der Waals surface area contributed by atoms with Gasteiger partial charge >= 0.3 is 0 Å². The Bertz CT molecular complexity index is 644. The monoisotopic (exact) mass is 326 g/mol. The highest BCUT2D eigenvalue weighted by molar-refractivity contribution is 8.00. The van der Waals surface area contributed by atoms with Gasteiger partial charge in [-0.2, -0.15) is 0 Å². The second-order valence-corrected chi connectivity index (χ2v) is 8.05. The SMILES string of the molecule is Cc1cc(SC2CCCCC2)c(O)c(C(C)c2ccccc2)c1. The van der Waals surface area contributed by atoms with Gasteiger partial charge in [-0.05, 0) is 37.0 Å². The lowest BCUT2D eigenvalue weighted by molar-refractivity contribution is 0.452. The summed E-state index contributed by atoms with van der Waals surface area (Å²) in [6.07, 6.45) is 6.59. The molecule has 2 aromatic carbocycles. The smallest absolute Gasteiger partial charge is 0.132 e. The highest BCUT2D eigenvalue weighted by atomic mass is 32.2. The Morgan fingerprint density at radius 1 is 1.04 bits per heavy atom. The molecule has 0 heterocycles. The van der Waals surface area contributed by atoms with Gasteiger partial charge in [0.05, 0.1) is 0 Å². The van der Waals surface area contributed by atoms with Crippen LogP contribution in [-0.4, -0.2) is 10.4 Å². The molecule has 3 rings (SSSR count). The van der Waals surface area contributed by atoms with Crippen LogP contribution in [0.4, 0.5) is 0 Å². The van der Waals surface area contributed by atoms with E-state index in [0.29, 0.717) is 11.0 Å². The van der Waals surface area contributed by atoms with Crippen LogP contribution in [0.5, 0.6) is 5.75 Å². The van der Waals surface area contributed by atoms with E-state index in [1.54, 1.807) is 0 Å². The summed E-state index contributed by atoms with van der Waals surface area (Å²) in [5.74, 6) is 0.698. The van der Waals surface area contributed by atoms with Crippen molar-refractivity contribution in [3.63, 3.8) is 0 Å². The van der Waals surface area contributed by atoms with Crippen LogP contribution in [0.1, 0.15) is 61.6 Å². The fourth-order valence-electron chi connectivity index (χ4n) is 3.48. The summed E-state index contributed by atoms with van der Waals surface area (Å²) in [5, 5.41) is 11.5. The zero-order chi connectivity index (χ0) is 16.2. The van der Waals surface area contributed by atoms with Crippen LogP contribution in [0, 0.1) is 6.92 Å². The number of rotatable bonds is 4. The number of thioether (sulfide) groups is 1. The van der Waals surface area contributed by atoms with E-state index in [-0.39, 0.29) is 5.92 Å². The normalized spacial score (nSPS) is 17.1. The van der Waals surface area contributed by atoms with E-state index in [2.05, 4.69) is 50.2 Å². The highest BCUT2D eigenvalue weighted by Crippen LogP contribution is 2.42. The lowest BCUT2D eigenvalue weighted by atomic mass is 9.91. The lowest BCUT2D eigenvalue weighted by Gasteiger charge is -2.23. The molecule has 1 unspecified atom stereocenters. The van der Waals surface area contributed by atoms with Gasteiger partial charge in [0.1, 0.15) is 5.75 Å². The molecule has 2 heteroatoms. The molecule has 0 saturated heterocycles. The molecule has 1 fully saturated rings. The van der Waals surface area contributed by atoms with Crippen LogP contribution in [0.3, 0.4) is 0 Å². The molecule has 0 aliphatic heterocycles. The minimum atomic E-state index is 0.210. The lowest BCUT2D eigenvalue weighted by Crippen LogP contribution is -2.08. The molecule has 1 nitrogen and oxygen atoms in total. The maximum atomic E-state index is 10.9. The number of hydrogen-bond acceptors (Lipinski definition) is 2. The van der Waals surface area contributed by atoms with E-state index in [1.165, 1.54) is 43.2 Å². The summed E-state index contributed by atoms with van der Waals surface area (Å²) in [4.78, 5) is 1.06. The first-order chi connectivity index (χ1) is 11.1. The zero-order valence-electron chi connectivity index (χ0n) is 14.1. The topological polar surface area (TPSA) is 20.2 Å². The second kappa shape index (κ2) is 7.44. The maximum absolute atomic E-state index is 10.9. The molecule has 0 bridgehead atoms. The van der Waals surface area contributed by atoms with Gasteiger partial charge in [0.2, 0.25) is 0 Å². The molecule has 1 aliphatic carbocycles. The molecule has 0 spiro atoms. The molecular weight excluding hydrogens is 300 g/mol. The van der Waals surface area contributed by atoms with Gasteiger partial charge in [0, 0.05) is 21.6 Å². The summed E-state index contributed by atoms with van der Waals surface area (Å²) in [6, 6.07) is 14.7. The van der Waals surface area contributed by atoms with Crippen molar-refractivity contribution < 1.29 is 5.11 Å². The number of benzene rings is 2. The van der Waals surface area contributed by atoms with Crippen LogP contribution < -0.4 is 0 Å². The molecule has 122 valence electrons. The number of aromatic hydroxyl groups is 1. The second-order valence-electron chi connectivity index (χ2n) is 6.71. The van der Waals surface area contributed by atoms with Gasteiger partial charge in [-0.15, -0.1) is 11.8 Å². The van der Waals surface area contributed by atoms with Crippen molar-refractivity contribution in [2.75, 3.05) is 0 Å². The number of hydrogen-bond donors (Lipinski definition) is 1. The van der Waals surface area contributed by atoms with Crippen LogP contribution >= 0.6 is 11.8 Å². The fourth-order valence-corrected chi connectivity index (χ4v) is 4.89. The van der Waals surface area contributed by atoms with E-state index in [4.69, 9.17) is 0 Å². The van der Waals surface area contributed by atoms with Crippen molar-refractivity contribution in [3.8, 4) is 5.75 Å². The summed E-state index contributed by atoms with van der Waals surface area (Å²) < 4.78 is 0. The van der Waals surface area contributed by atoms with E-state index in [1.807, 2.05) is 17.8 Å². The average Bonchev–Trinajstić information content (AvgIpc) is 2.59. The van der Waals surface area contributed by atoms with E-state index in [9.17, 15) is 5.11 Å². The third-order valence-corrected chi connectivity index (χ3v) is 6.23. The van der Waals surface area contributed by atoms with Crippen LogP contribution in [0.2, 0.25) is 0 Å². The van der Waals surface area contributed by atoms with Crippen molar-refractivity contribution >= 4 is 11.8 Å². The van der Waals surface area contributed by atoms with Gasteiger partial charge in [-0.1, -0.05) is 62.6 Å². The van der Waals surface area contributed by atoms with Crippen molar-refractivity contribution in [2.24, 2.45) is 0 Å². The predicted octanol–water partition coefficient (Wildman–Crippen LogP) is 6.28. The van der Waals surface area contributed by atoms with Gasteiger partial charge in [0.25, 0.3) is 0 Å². The number of phenols is 1. The molecule has 1 N–H and O–H groups in total. The highest BCUT2D eigenvalue weighted by Gasteiger charge is 2.20. The Morgan fingerprint density at radius 2 is 1.74 bits per heavy atom. The van der Waals surface area contributed by atoms with Gasteiger partial charge in [0.15, 0.2) is 0 Å². The molecule has 1 atom stereocenters. The first-order valence-electron chi connectivity index (χ1n) is 8.70. The Hall–Kier alpha value is -1.41. The molecule has 0 radical (unpaired) electrons. The Kier molecular flexibility index (Phi) is 5.32. The molecule has 0 aromatic heterocycles. The molecule has 1 aliphatic rings. The number of phenolic OH excluding ortho intramolecular Hbond substituents is 1. The van der Waals surface area contributed by atoms with E-state index in [0.717, 1.165) is 10.5 Å². The minimum Gasteiger partial charge on any atom is -0.506 e. The van der Waals surface area contributed by atoms with Crippen molar-refractivity contribution in [2.45, 2.75) is 62.0 Å². The van der Waals surface area contributed by atoms with E-state index < -0.39 is 0 Å². The summed E-state index contributed by atoms with van der Waals surface area (Å²) >= 11 is 1.88. The van der Waals surface area contributed by atoms with Crippen molar-refractivity contribution in [1.29, 1.82) is 0 Å². The van der Waals surface area contributed by atoms with Crippen molar-refractivity contribution in [3.05, 3.63) is 59.2 Å². The van der Waals surface area contributed by atoms with Crippen LogP contribution in [0.25, 0.3) is 0 Å². The average molecular weight is 327 g/mol. The van der Waals surface area contributed by atoms with Crippen LogP contribution in [0.15, 0.2) is 47.4 Å². The largest absolute Gasteiger partial charge is 0.506 e. The van der Waals surface area contributed by atoms with Crippen molar-refractivity contribution in [1.82, 2.24) is 0 Å². The first-order valence-corrected chi connectivity index (χ1v) is 9.58. The molecule has 2 aromatic rings. The minimum absolute atomic E-state index is 0.210.